The van der Waals surface area contributed by atoms with E-state index in [9.17, 15) is 22.8 Å². The molecule has 1 saturated heterocycles. The van der Waals surface area contributed by atoms with Crippen molar-refractivity contribution in [1.82, 2.24) is 15.2 Å². The number of nitrogens with one attached hydrogen (secondary N) is 1. The number of alkyl halides is 3. The first-order valence-corrected chi connectivity index (χ1v) is 8.56. The fraction of sp³-hybridized carbons (Fsp3) is 0.588. The van der Waals surface area contributed by atoms with Crippen molar-refractivity contribution in [3.8, 4) is 0 Å². The van der Waals surface area contributed by atoms with Crippen LogP contribution in [0.5, 0.6) is 0 Å². The van der Waals surface area contributed by atoms with E-state index in [1.165, 1.54) is 4.90 Å². The van der Waals surface area contributed by atoms with Crippen LogP contribution in [0.2, 0.25) is 0 Å². The van der Waals surface area contributed by atoms with Crippen molar-refractivity contribution < 1.29 is 27.5 Å². The van der Waals surface area contributed by atoms with Crippen LogP contribution < -0.4 is 10.2 Å². The molecule has 1 unspecified atom stereocenters. The van der Waals surface area contributed by atoms with Crippen LogP contribution in [0.1, 0.15) is 36.7 Å². The molecule has 1 atom stereocenters. The molecule has 1 aromatic heterocycles. The Bertz CT molecular complexity index is 761. The van der Waals surface area contributed by atoms with Crippen LogP contribution in [-0.2, 0) is 10.9 Å². The molecule has 3 heterocycles. The van der Waals surface area contributed by atoms with Gasteiger partial charge in [0.15, 0.2) is 0 Å². The first-order valence-electron chi connectivity index (χ1n) is 8.56. The number of anilines is 1. The zero-order valence-electron chi connectivity index (χ0n) is 15.3. The highest BCUT2D eigenvalue weighted by Crippen LogP contribution is 2.33. The molecule has 0 saturated carbocycles. The topological polar surface area (TPSA) is 74.8 Å². The van der Waals surface area contributed by atoms with Crippen LogP contribution in [0.25, 0.3) is 0 Å². The number of amides is 2. The van der Waals surface area contributed by atoms with Crippen molar-refractivity contribution in [2.75, 3.05) is 31.1 Å². The number of hydrogen-bond donors (Lipinski definition) is 1. The van der Waals surface area contributed by atoms with Gasteiger partial charge in [-0.15, -0.1) is 0 Å². The predicted octanol–water partition coefficient (Wildman–Crippen LogP) is 2.27. The minimum Gasteiger partial charge on any atom is -0.444 e. The maximum atomic E-state index is 13.0. The van der Waals surface area contributed by atoms with E-state index in [1.807, 2.05) is 0 Å². The Balaban J connectivity index is 1.84. The summed E-state index contributed by atoms with van der Waals surface area (Å²) in [6.45, 7) is 6.43. The zero-order chi connectivity index (χ0) is 20.0. The van der Waals surface area contributed by atoms with E-state index in [4.69, 9.17) is 4.74 Å². The van der Waals surface area contributed by atoms with Crippen molar-refractivity contribution in [3.05, 3.63) is 23.4 Å². The molecule has 2 aliphatic rings. The highest BCUT2D eigenvalue weighted by molar-refractivity contribution is 6.00. The van der Waals surface area contributed by atoms with Gasteiger partial charge in [-0.3, -0.25) is 4.79 Å². The van der Waals surface area contributed by atoms with Gasteiger partial charge in [0.1, 0.15) is 11.4 Å². The van der Waals surface area contributed by atoms with Gasteiger partial charge in [-0.25, -0.2) is 9.78 Å². The van der Waals surface area contributed by atoms with Crippen LogP contribution in [0.15, 0.2) is 12.3 Å². The molecular weight excluding hydrogens is 365 g/mol. The van der Waals surface area contributed by atoms with Crippen molar-refractivity contribution >= 4 is 17.8 Å². The van der Waals surface area contributed by atoms with Gasteiger partial charge in [0.05, 0.1) is 17.2 Å². The number of ether oxygens (including phenoxy) is 1. The molecule has 1 aromatic rings. The van der Waals surface area contributed by atoms with Gasteiger partial charge >= 0.3 is 12.3 Å². The maximum Gasteiger partial charge on any atom is 0.417 e. The first kappa shape index (κ1) is 19.2. The van der Waals surface area contributed by atoms with Gasteiger partial charge in [0.25, 0.3) is 5.91 Å². The number of carbonyl (C=O) groups excluding carboxylic acids is 2. The summed E-state index contributed by atoms with van der Waals surface area (Å²) in [4.78, 5) is 31.8. The van der Waals surface area contributed by atoms with Crippen LogP contribution in [0, 0.1) is 0 Å². The molecule has 0 aromatic carbocycles. The lowest BCUT2D eigenvalue weighted by Gasteiger charge is -2.41. The van der Waals surface area contributed by atoms with Crippen LogP contribution >= 0.6 is 0 Å². The number of rotatable bonds is 0. The van der Waals surface area contributed by atoms with E-state index in [2.05, 4.69) is 10.3 Å². The van der Waals surface area contributed by atoms with Gasteiger partial charge in [0.2, 0.25) is 0 Å². The number of piperazine rings is 1. The van der Waals surface area contributed by atoms with Crippen LogP contribution in [0.4, 0.5) is 23.8 Å². The second-order valence-electron chi connectivity index (χ2n) is 7.58. The molecule has 1 fully saturated rings. The highest BCUT2D eigenvalue weighted by atomic mass is 19.4. The number of nitrogens with zero attached hydrogens (tertiary/aromatic N) is 3. The third kappa shape index (κ3) is 4.09. The van der Waals surface area contributed by atoms with E-state index in [0.717, 1.165) is 12.3 Å². The molecular formula is C17H21F3N4O3. The molecule has 7 nitrogen and oxygen atoms in total. The van der Waals surface area contributed by atoms with E-state index in [0.29, 0.717) is 13.1 Å². The van der Waals surface area contributed by atoms with Gasteiger partial charge in [-0.2, -0.15) is 13.2 Å². The lowest BCUT2D eigenvalue weighted by molar-refractivity contribution is -0.137. The number of fused-ring (bicyclic) bond motifs is 3. The maximum absolute atomic E-state index is 13.0. The van der Waals surface area contributed by atoms with Crippen LogP contribution in [0.3, 0.4) is 0 Å². The van der Waals surface area contributed by atoms with E-state index in [-0.39, 0.29) is 30.5 Å². The van der Waals surface area contributed by atoms with Gasteiger partial charge in [0, 0.05) is 32.4 Å². The van der Waals surface area contributed by atoms with Crippen molar-refractivity contribution in [1.29, 1.82) is 0 Å². The number of aromatic nitrogens is 1. The third-order valence-corrected chi connectivity index (χ3v) is 4.34. The molecule has 2 aliphatic heterocycles. The average molecular weight is 386 g/mol. The Morgan fingerprint density at radius 3 is 2.63 bits per heavy atom. The van der Waals surface area contributed by atoms with Crippen LogP contribution in [-0.4, -0.2) is 59.7 Å². The number of pyridine rings is 1. The summed E-state index contributed by atoms with van der Waals surface area (Å²) in [5.74, 6) is -0.409. The highest BCUT2D eigenvalue weighted by Gasteiger charge is 2.38. The van der Waals surface area contributed by atoms with Gasteiger partial charge < -0.3 is 19.9 Å². The lowest BCUT2D eigenvalue weighted by Crippen LogP contribution is -2.58. The second kappa shape index (κ2) is 6.58. The number of halogens is 3. The Kier molecular flexibility index (Phi) is 4.69. The number of carbonyl (C=O) groups is 2. The summed E-state index contributed by atoms with van der Waals surface area (Å²) < 4.78 is 44.2. The average Bonchev–Trinajstić information content (AvgIpc) is 2.69. The standard InChI is InChI=1S/C17H21F3N4O3/c1-16(2,3)27-15(26)23-4-5-24-11(9-23)8-22-14(25)12-6-10(17(18,19)20)7-21-13(12)24/h6-7,11H,4-5,8-9H2,1-3H3,(H,22,25). The first-order chi connectivity index (χ1) is 12.5. The predicted molar refractivity (Wildman–Crippen MR) is 90.5 cm³/mol. The fourth-order valence-corrected chi connectivity index (χ4v) is 3.12. The van der Waals surface area contributed by atoms with E-state index >= 15 is 0 Å². The fourth-order valence-electron chi connectivity index (χ4n) is 3.12. The summed E-state index contributed by atoms with van der Waals surface area (Å²) in [6, 6.07) is 0.515. The van der Waals surface area contributed by atoms with E-state index in [1.54, 1.807) is 25.7 Å². The Morgan fingerprint density at radius 2 is 2.00 bits per heavy atom. The monoisotopic (exact) mass is 386 g/mol. The summed E-state index contributed by atoms with van der Waals surface area (Å²) in [5.41, 5.74) is -1.71. The zero-order valence-corrected chi connectivity index (χ0v) is 15.3. The van der Waals surface area contributed by atoms with Gasteiger partial charge in [-0.1, -0.05) is 0 Å². The largest absolute Gasteiger partial charge is 0.444 e. The summed E-state index contributed by atoms with van der Waals surface area (Å²) in [5, 5.41) is 2.62. The SMILES string of the molecule is CC(C)(C)OC(=O)N1CCN2c3ncc(C(F)(F)F)cc3C(=O)NCC2C1. The minimum atomic E-state index is -4.58. The normalized spacial score (nSPS) is 20.4. The lowest BCUT2D eigenvalue weighted by atomic mass is 10.1. The molecule has 148 valence electrons. The minimum absolute atomic E-state index is 0.113. The molecule has 2 amide bonds. The van der Waals surface area contributed by atoms with E-state index < -0.39 is 29.3 Å². The summed E-state index contributed by atoms with van der Waals surface area (Å²) >= 11 is 0. The summed E-state index contributed by atoms with van der Waals surface area (Å²) in [6.07, 6.45) is -4.31. The molecule has 0 aliphatic carbocycles. The summed E-state index contributed by atoms with van der Waals surface area (Å²) in [7, 11) is 0. The Morgan fingerprint density at radius 1 is 1.30 bits per heavy atom. The van der Waals surface area contributed by atoms with Gasteiger partial charge in [-0.05, 0) is 26.8 Å². The smallest absolute Gasteiger partial charge is 0.417 e. The molecule has 10 heteroatoms. The third-order valence-electron chi connectivity index (χ3n) is 4.34. The Labute approximate surface area is 154 Å². The Hall–Kier alpha value is -2.52. The molecule has 27 heavy (non-hydrogen) atoms. The quantitative estimate of drug-likeness (QED) is 0.741. The second-order valence-corrected chi connectivity index (χ2v) is 7.58. The van der Waals surface area contributed by atoms with Crippen molar-refractivity contribution in [3.63, 3.8) is 0 Å². The molecule has 3 rings (SSSR count). The molecule has 0 spiro atoms. The van der Waals surface area contributed by atoms with Crippen molar-refractivity contribution in [2.45, 2.75) is 38.6 Å². The molecule has 1 N–H and O–H groups in total. The molecule has 0 bridgehead atoms. The molecule has 0 radical (unpaired) electrons. The number of hydrogen-bond acceptors (Lipinski definition) is 5. The van der Waals surface area contributed by atoms with Crippen molar-refractivity contribution in [2.24, 2.45) is 0 Å².